The fourth-order valence-electron chi connectivity index (χ4n) is 8.26. The van der Waals surface area contributed by atoms with Crippen molar-refractivity contribution in [2.45, 2.75) is 83.0 Å². The Morgan fingerprint density at radius 3 is 2.38 bits per heavy atom. The molecule has 0 aromatic heterocycles. The molecule has 3 nitrogen and oxygen atoms in total. The maximum atomic E-state index is 10.7. The van der Waals surface area contributed by atoms with Gasteiger partial charge in [0.1, 0.15) is 5.60 Å². The molecule has 0 unspecified atom stereocenters. The summed E-state index contributed by atoms with van der Waals surface area (Å²) in [6.07, 6.45) is 15.7. The largest absolute Gasteiger partial charge is 0.378 e. The van der Waals surface area contributed by atoms with Crippen molar-refractivity contribution >= 4 is 0 Å². The second-order valence-corrected chi connectivity index (χ2v) is 10.5. The third-order valence-corrected chi connectivity index (χ3v) is 9.79. The Bertz CT molecular complexity index is 632. The number of rotatable bonds is 0. The van der Waals surface area contributed by atoms with Crippen LogP contribution in [-0.4, -0.2) is 29.7 Å². The monoisotopic (exact) mass is 358 g/mol. The summed E-state index contributed by atoms with van der Waals surface area (Å²) in [4.78, 5) is 0. The van der Waals surface area contributed by atoms with E-state index in [1.165, 1.54) is 32.1 Å². The predicted octanol–water partition coefficient (Wildman–Crippen LogP) is 4.14. The molecule has 0 radical (unpaired) electrons. The van der Waals surface area contributed by atoms with Gasteiger partial charge in [-0.15, -0.1) is 6.42 Å². The topological polar surface area (TPSA) is 38.7 Å². The second-order valence-electron chi connectivity index (χ2n) is 10.5. The van der Waals surface area contributed by atoms with Crippen LogP contribution in [0.4, 0.5) is 0 Å². The van der Waals surface area contributed by atoms with Gasteiger partial charge >= 0.3 is 0 Å². The Morgan fingerprint density at radius 1 is 0.923 bits per heavy atom. The Balaban J connectivity index is 1.43. The van der Waals surface area contributed by atoms with Crippen LogP contribution in [0.1, 0.15) is 71.6 Å². The lowest BCUT2D eigenvalue weighted by molar-refractivity contribution is -0.248. The average Bonchev–Trinajstić information content (AvgIpc) is 3.22. The standard InChI is InChI=1S/C23H34O3/c1-4-22(24)12-11-20(2)16(15-22)5-6-17-18(20)7-9-21(3)19(17)8-10-23(21)25-13-14-26-23/h1,16-19,24H,5-15H2,2-3H3/t16-,17+,18-,19-,20-,21-,22-/m0/s1. The van der Waals surface area contributed by atoms with Gasteiger partial charge in [-0.2, -0.15) is 0 Å². The van der Waals surface area contributed by atoms with E-state index in [0.29, 0.717) is 11.3 Å². The van der Waals surface area contributed by atoms with Gasteiger partial charge in [-0.05, 0) is 80.5 Å². The highest BCUT2D eigenvalue weighted by molar-refractivity contribution is 5.17. The number of aliphatic hydroxyl groups is 1. The van der Waals surface area contributed by atoms with Gasteiger partial charge in [0.2, 0.25) is 0 Å². The van der Waals surface area contributed by atoms with Crippen molar-refractivity contribution in [2.75, 3.05) is 13.2 Å². The van der Waals surface area contributed by atoms with E-state index in [1.807, 2.05) is 0 Å². The molecule has 4 saturated carbocycles. The highest BCUT2D eigenvalue weighted by Crippen LogP contribution is 2.69. The predicted molar refractivity (Wildman–Crippen MR) is 100 cm³/mol. The molecule has 3 heteroatoms. The van der Waals surface area contributed by atoms with Gasteiger partial charge in [0.15, 0.2) is 5.79 Å². The molecule has 5 rings (SSSR count). The molecule has 5 aliphatic rings. The third kappa shape index (κ3) is 2.07. The molecule has 1 aliphatic heterocycles. The number of terminal acetylenes is 1. The average molecular weight is 359 g/mol. The van der Waals surface area contributed by atoms with E-state index in [0.717, 1.165) is 56.7 Å². The molecule has 1 spiro atoms. The van der Waals surface area contributed by atoms with Crippen molar-refractivity contribution in [1.29, 1.82) is 0 Å². The van der Waals surface area contributed by atoms with Crippen LogP contribution in [-0.2, 0) is 9.47 Å². The van der Waals surface area contributed by atoms with E-state index < -0.39 is 5.60 Å². The van der Waals surface area contributed by atoms with E-state index in [-0.39, 0.29) is 11.2 Å². The summed E-state index contributed by atoms with van der Waals surface area (Å²) in [6, 6.07) is 0. The highest BCUT2D eigenvalue weighted by Gasteiger charge is 2.67. The van der Waals surface area contributed by atoms with Crippen molar-refractivity contribution in [2.24, 2.45) is 34.5 Å². The molecule has 0 aromatic rings. The number of hydrogen-bond donors (Lipinski definition) is 1. The first-order chi connectivity index (χ1) is 12.4. The van der Waals surface area contributed by atoms with Crippen molar-refractivity contribution in [3.63, 3.8) is 0 Å². The van der Waals surface area contributed by atoms with E-state index in [2.05, 4.69) is 19.8 Å². The SMILES string of the molecule is C#C[C@]1(O)CC[C@@]2(C)[C@@H](CC[C@@H]3[C@@H]2CC[C@@]2(C)[C@H]3CCC23OCCO3)C1. The van der Waals surface area contributed by atoms with Crippen LogP contribution < -0.4 is 0 Å². The molecular weight excluding hydrogens is 324 g/mol. The summed E-state index contributed by atoms with van der Waals surface area (Å²) in [5.74, 6) is 5.28. The van der Waals surface area contributed by atoms with Crippen LogP contribution in [0.3, 0.4) is 0 Å². The number of hydrogen-bond acceptors (Lipinski definition) is 3. The van der Waals surface area contributed by atoms with Crippen molar-refractivity contribution < 1.29 is 14.6 Å². The Kier molecular flexibility index (Phi) is 3.70. The van der Waals surface area contributed by atoms with Gasteiger partial charge in [-0.1, -0.05) is 19.8 Å². The Morgan fingerprint density at radius 2 is 1.65 bits per heavy atom. The molecule has 144 valence electrons. The van der Waals surface area contributed by atoms with Gasteiger partial charge in [0, 0.05) is 11.8 Å². The molecule has 5 fully saturated rings. The summed E-state index contributed by atoms with van der Waals surface area (Å²) in [7, 11) is 0. The lowest BCUT2D eigenvalue weighted by atomic mass is 9.44. The maximum absolute atomic E-state index is 10.7. The molecule has 0 bridgehead atoms. The smallest absolute Gasteiger partial charge is 0.174 e. The minimum atomic E-state index is -0.858. The van der Waals surface area contributed by atoms with Crippen LogP contribution in [0.25, 0.3) is 0 Å². The first-order valence-electron chi connectivity index (χ1n) is 10.8. The van der Waals surface area contributed by atoms with Gasteiger partial charge in [-0.3, -0.25) is 0 Å². The van der Waals surface area contributed by atoms with Crippen molar-refractivity contribution in [1.82, 2.24) is 0 Å². The van der Waals surface area contributed by atoms with E-state index >= 15 is 0 Å². The molecule has 1 heterocycles. The van der Waals surface area contributed by atoms with Gasteiger partial charge in [-0.25, -0.2) is 0 Å². The van der Waals surface area contributed by atoms with Crippen molar-refractivity contribution in [3.8, 4) is 12.3 Å². The summed E-state index contributed by atoms with van der Waals surface area (Å²) in [5, 5.41) is 10.7. The van der Waals surface area contributed by atoms with Crippen LogP contribution in [0.5, 0.6) is 0 Å². The number of ether oxygens (including phenoxy) is 2. The maximum Gasteiger partial charge on any atom is 0.174 e. The van der Waals surface area contributed by atoms with Crippen LogP contribution >= 0.6 is 0 Å². The zero-order chi connectivity index (χ0) is 18.2. The van der Waals surface area contributed by atoms with Gasteiger partial charge in [0.05, 0.1) is 13.2 Å². The molecule has 26 heavy (non-hydrogen) atoms. The molecule has 1 N–H and O–H groups in total. The molecule has 0 aromatic carbocycles. The van der Waals surface area contributed by atoms with Gasteiger partial charge in [0.25, 0.3) is 0 Å². The fraction of sp³-hybridized carbons (Fsp3) is 0.913. The first kappa shape index (κ1) is 17.5. The molecular formula is C23H34O3. The Hall–Kier alpha value is -0.560. The van der Waals surface area contributed by atoms with E-state index in [4.69, 9.17) is 15.9 Å². The normalized spacial score (nSPS) is 55.0. The summed E-state index contributed by atoms with van der Waals surface area (Å²) < 4.78 is 12.5. The molecule has 4 aliphatic carbocycles. The fourth-order valence-corrected chi connectivity index (χ4v) is 8.26. The minimum absolute atomic E-state index is 0.183. The van der Waals surface area contributed by atoms with Crippen LogP contribution in [0.15, 0.2) is 0 Å². The first-order valence-corrected chi connectivity index (χ1v) is 10.8. The van der Waals surface area contributed by atoms with E-state index in [1.54, 1.807) is 0 Å². The van der Waals surface area contributed by atoms with Crippen LogP contribution in [0.2, 0.25) is 0 Å². The zero-order valence-corrected chi connectivity index (χ0v) is 16.4. The summed E-state index contributed by atoms with van der Waals surface area (Å²) in [6.45, 7) is 6.50. The van der Waals surface area contributed by atoms with E-state index in [9.17, 15) is 5.11 Å². The molecule has 1 saturated heterocycles. The van der Waals surface area contributed by atoms with Crippen molar-refractivity contribution in [3.05, 3.63) is 0 Å². The minimum Gasteiger partial charge on any atom is -0.378 e. The summed E-state index contributed by atoms with van der Waals surface area (Å²) in [5.41, 5.74) is -0.328. The molecule has 7 atom stereocenters. The lowest BCUT2D eigenvalue weighted by Crippen LogP contribution is -2.58. The highest BCUT2D eigenvalue weighted by atomic mass is 16.7. The van der Waals surface area contributed by atoms with Crippen LogP contribution in [0, 0.1) is 46.8 Å². The number of fused-ring (bicyclic) bond motifs is 6. The Labute approximate surface area is 158 Å². The molecule has 0 amide bonds. The third-order valence-electron chi connectivity index (χ3n) is 9.79. The zero-order valence-electron chi connectivity index (χ0n) is 16.4. The van der Waals surface area contributed by atoms with Gasteiger partial charge < -0.3 is 14.6 Å². The summed E-state index contributed by atoms with van der Waals surface area (Å²) >= 11 is 0. The quantitative estimate of drug-likeness (QED) is 0.662. The lowest BCUT2D eigenvalue weighted by Gasteiger charge is -2.62. The second kappa shape index (κ2) is 5.49.